The second kappa shape index (κ2) is 9.43. The zero-order valence-electron chi connectivity index (χ0n) is 16.7. The SMILES string of the molecule is Cc1ccc(NC(=O)NC(=O)CSc2nc(Cc3ccccc3)c(C)[nH]2)c(C)c1. The van der Waals surface area contributed by atoms with Crippen molar-refractivity contribution in [3.8, 4) is 0 Å². The van der Waals surface area contributed by atoms with Crippen molar-refractivity contribution in [3.05, 3.63) is 76.6 Å². The van der Waals surface area contributed by atoms with E-state index in [4.69, 9.17) is 0 Å². The second-order valence-electron chi connectivity index (χ2n) is 6.89. The Bertz CT molecular complexity index is 1010. The fraction of sp³-hybridized carbons (Fsp3) is 0.227. The van der Waals surface area contributed by atoms with Gasteiger partial charge in [-0.05, 0) is 38.0 Å². The van der Waals surface area contributed by atoms with Crippen molar-refractivity contribution in [3.63, 3.8) is 0 Å². The highest BCUT2D eigenvalue weighted by atomic mass is 32.2. The maximum absolute atomic E-state index is 12.1. The molecule has 3 aromatic rings. The molecule has 0 saturated heterocycles. The number of imidazole rings is 1. The summed E-state index contributed by atoms with van der Waals surface area (Å²) in [7, 11) is 0. The highest BCUT2D eigenvalue weighted by molar-refractivity contribution is 7.99. The van der Waals surface area contributed by atoms with Gasteiger partial charge in [0.15, 0.2) is 5.16 Å². The Labute approximate surface area is 174 Å². The molecule has 6 nitrogen and oxygen atoms in total. The van der Waals surface area contributed by atoms with E-state index >= 15 is 0 Å². The van der Waals surface area contributed by atoms with Gasteiger partial charge in [-0.15, -0.1) is 0 Å². The number of amides is 3. The van der Waals surface area contributed by atoms with Gasteiger partial charge in [0.05, 0.1) is 11.4 Å². The topological polar surface area (TPSA) is 86.9 Å². The predicted octanol–water partition coefficient (Wildman–Crippen LogP) is 4.37. The Morgan fingerprint density at radius 1 is 1.07 bits per heavy atom. The molecule has 3 amide bonds. The minimum Gasteiger partial charge on any atom is -0.337 e. The molecule has 1 heterocycles. The molecule has 0 aliphatic heterocycles. The zero-order valence-corrected chi connectivity index (χ0v) is 17.5. The largest absolute Gasteiger partial charge is 0.337 e. The van der Waals surface area contributed by atoms with Crippen molar-refractivity contribution in [2.24, 2.45) is 0 Å². The van der Waals surface area contributed by atoms with E-state index in [1.54, 1.807) is 0 Å². The maximum Gasteiger partial charge on any atom is 0.325 e. The number of rotatable bonds is 6. The van der Waals surface area contributed by atoms with Crippen LogP contribution >= 0.6 is 11.8 Å². The number of nitrogens with zero attached hydrogens (tertiary/aromatic N) is 1. The van der Waals surface area contributed by atoms with E-state index in [1.165, 1.54) is 17.3 Å². The van der Waals surface area contributed by atoms with Gasteiger partial charge in [-0.3, -0.25) is 10.1 Å². The summed E-state index contributed by atoms with van der Waals surface area (Å²) >= 11 is 1.27. The molecule has 0 atom stereocenters. The molecule has 0 saturated carbocycles. The quantitative estimate of drug-likeness (QED) is 0.529. The van der Waals surface area contributed by atoms with Gasteiger partial charge in [0, 0.05) is 17.8 Å². The summed E-state index contributed by atoms with van der Waals surface area (Å²) in [5, 5.41) is 5.72. The first-order valence-corrected chi connectivity index (χ1v) is 10.3. The van der Waals surface area contributed by atoms with Gasteiger partial charge in [-0.1, -0.05) is 59.8 Å². The van der Waals surface area contributed by atoms with E-state index in [-0.39, 0.29) is 11.7 Å². The number of anilines is 1. The van der Waals surface area contributed by atoms with Gasteiger partial charge in [0.1, 0.15) is 0 Å². The smallest absolute Gasteiger partial charge is 0.325 e. The third-order valence-corrected chi connectivity index (χ3v) is 5.27. The Hall–Kier alpha value is -3.06. The third-order valence-electron chi connectivity index (χ3n) is 4.40. The standard InChI is InChI=1S/C22H24N4O2S/c1-14-9-10-18(15(2)11-14)24-21(28)26-20(27)13-29-22-23-16(3)19(25-22)12-17-7-5-4-6-8-17/h4-11H,12-13H2,1-3H3,(H,23,25)(H2,24,26,27,28). The predicted molar refractivity (Wildman–Crippen MR) is 116 cm³/mol. The summed E-state index contributed by atoms with van der Waals surface area (Å²) in [6, 6.07) is 15.3. The van der Waals surface area contributed by atoms with Gasteiger partial charge in [-0.2, -0.15) is 0 Å². The van der Waals surface area contributed by atoms with Crippen LogP contribution in [0, 0.1) is 20.8 Å². The number of carbonyl (C=O) groups is 2. The van der Waals surface area contributed by atoms with Crippen molar-refractivity contribution in [1.29, 1.82) is 0 Å². The van der Waals surface area contributed by atoms with E-state index in [1.807, 2.05) is 57.2 Å². The normalized spacial score (nSPS) is 10.6. The lowest BCUT2D eigenvalue weighted by Crippen LogP contribution is -2.35. The monoisotopic (exact) mass is 408 g/mol. The molecule has 7 heteroatoms. The summed E-state index contributed by atoms with van der Waals surface area (Å²) in [5.41, 5.74) is 5.84. The van der Waals surface area contributed by atoms with Crippen molar-refractivity contribution in [2.45, 2.75) is 32.3 Å². The van der Waals surface area contributed by atoms with Gasteiger partial charge < -0.3 is 10.3 Å². The second-order valence-corrected chi connectivity index (χ2v) is 7.85. The molecule has 0 unspecified atom stereocenters. The first-order chi connectivity index (χ1) is 13.9. The summed E-state index contributed by atoms with van der Waals surface area (Å²) in [6.45, 7) is 5.86. The molecule has 150 valence electrons. The lowest BCUT2D eigenvalue weighted by molar-refractivity contribution is -0.117. The molecule has 1 aromatic heterocycles. The number of urea groups is 1. The van der Waals surface area contributed by atoms with Crippen LogP contribution in [0.5, 0.6) is 0 Å². The lowest BCUT2D eigenvalue weighted by Gasteiger charge is -2.09. The van der Waals surface area contributed by atoms with Crippen LogP contribution in [-0.4, -0.2) is 27.7 Å². The van der Waals surface area contributed by atoms with Crippen LogP contribution in [0.4, 0.5) is 10.5 Å². The van der Waals surface area contributed by atoms with Crippen LogP contribution in [0.3, 0.4) is 0 Å². The number of benzene rings is 2. The molecule has 0 aliphatic carbocycles. The van der Waals surface area contributed by atoms with Crippen LogP contribution in [0.15, 0.2) is 53.7 Å². The summed E-state index contributed by atoms with van der Waals surface area (Å²) in [4.78, 5) is 31.9. The Morgan fingerprint density at radius 2 is 1.83 bits per heavy atom. The lowest BCUT2D eigenvalue weighted by atomic mass is 10.1. The minimum absolute atomic E-state index is 0.0953. The average molecular weight is 409 g/mol. The number of aromatic amines is 1. The van der Waals surface area contributed by atoms with Gasteiger partial charge in [-0.25, -0.2) is 9.78 Å². The van der Waals surface area contributed by atoms with E-state index in [0.29, 0.717) is 10.8 Å². The molecular formula is C22H24N4O2S. The number of aromatic nitrogens is 2. The van der Waals surface area contributed by atoms with Crippen molar-refractivity contribution >= 4 is 29.4 Å². The van der Waals surface area contributed by atoms with E-state index in [9.17, 15) is 9.59 Å². The molecule has 29 heavy (non-hydrogen) atoms. The van der Waals surface area contributed by atoms with Gasteiger partial charge in [0.25, 0.3) is 0 Å². The zero-order chi connectivity index (χ0) is 20.8. The summed E-state index contributed by atoms with van der Waals surface area (Å²) < 4.78 is 0. The van der Waals surface area contributed by atoms with Crippen LogP contribution in [-0.2, 0) is 11.2 Å². The highest BCUT2D eigenvalue weighted by Gasteiger charge is 2.13. The fourth-order valence-corrected chi connectivity index (χ4v) is 3.64. The Kier molecular flexibility index (Phi) is 6.72. The number of nitrogens with one attached hydrogen (secondary N) is 3. The Morgan fingerprint density at radius 3 is 2.55 bits per heavy atom. The molecule has 0 radical (unpaired) electrons. The Balaban J connectivity index is 1.50. The van der Waals surface area contributed by atoms with Crippen LogP contribution in [0.2, 0.25) is 0 Å². The van der Waals surface area contributed by atoms with E-state index < -0.39 is 6.03 Å². The molecular weight excluding hydrogens is 384 g/mol. The van der Waals surface area contributed by atoms with Gasteiger partial charge >= 0.3 is 6.03 Å². The number of imide groups is 1. The summed E-state index contributed by atoms with van der Waals surface area (Å²) in [5.74, 6) is -0.284. The number of aryl methyl sites for hydroxylation is 3. The number of H-pyrrole nitrogens is 1. The highest BCUT2D eigenvalue weighted by Crippen LogP contribution is 2.19. The van der Waals surface area contributed by atoms with E-state index in [0.717, 1.165) is 28.9 Å². The molecule has 0 bridgehead atoms. The number of hydrogen-bond acceptors (Lipinski definition) is 4. The summed E-state index contributed by atoms with van der Waals surface area (Å²) in [6.07, 6.45) is 0.730. The molecule has 0 aliphatic rings. The third kappa shape index (κ3) is 5.96. The van der Waals surface area contributed by atoms with Crippen molar-refractivity contribution in [2.75, 3.05) is 11.1 Å². The van der Waals surface area contributed by atoms with Crippen molar-refractivity contribution < 1.29 is 9.59 Å². The molecule has 0 spiro atoms. The first-order valence-electron chi connectivity index (χ1n) is 9.31. The average Bonchev–Trinajstić information content (AvgIpc) is 3.03. The number of thioether (sulfide) groups is 1. The van der Waals surface area contributed by atoms with Crippen LogP contribution in [0.1, 0.15) is 28.1 Å². The molecule has 3 N–H and O–H groups in total. The fourth-order valence-electron chi connectivity index (χ4n) is 2.90. The maximum atomic E-state index is 12.1. The van der Waals surface area contributed by atoms with E-state index in [2.05, 4.69) is 32.7 Å². The van der Waals surface area contributed by atoms with Crippen LogP contribution in [0.25, 0.3) is 0 Å². The number of carbonyl (C=O) groups excluding carboxylic acids is 2. The minimum atomic E-state index is -0.539. The molecule has 0 fully saturated rings. The van der Waals surface area contributed by atoms with Gasteiger partial charge in [0.2, 0.25) is 5.91 Å². The number of hydrogen-bond donors (Lipinski definition) is 3. The van der Waals surface area contributed by atoms with Crippen LogP contribution < -0.4 is 10.6 Å². The van der Waals surface area contributed by atoms with Crippen molar-refractivity contribution in [1.82, 2.24) is 15.3 Å². The molecule has 2 aromatic carbocycles. The molecule has 3 rings (SSSR count). The first kappa shape index (κ1) is 20.7.